The number of rotatable bonds is 4. The summed E-state index contributed by atoms with van der Waals surface area (Å²) < 4.78 is 5.73. The molecule has 0 saturated carbocycles. The molecule has 7 heteroatoms. The summed E-state index contributed by atoms with van der Waals surface area (Å²) in [4.78, 5) is 28.3. The summed E-state index contributed by atoms with van der Waals surface area (Å²) >= 11 is 6.19. The fourth-order valence-corrected chi connectivity index (χ4v) is 2.91. The molecule has 1 saturated heterocycles. The van der Waals surface area contributed by atoms with Crippen LogP contribution in [0.25, 0.3) is 0 Å². The second kappa shape index (κ2) is 7.03. The molecule has 0 radical (unpaired) electrons. The quantitative estimate of drug-likeness (QED) is 0.767. The van der Waals surface area contributed by atoms with Gasteiger partial charge in [-0.2, -0.15) is 5.26 Å². The molecule has 1 aromatic rings. The lowest BCUT2D eigenvalue weighted by Crippen LogP contribution is -2.40. The minimum absolute atomic E-state index is 0.126. The lowest BCUT2D eigenvalue weighted by atomic mass is 10.1. The summed E-state index contributed by atoms with van der Waals surface area (Å²) in [5, 5.41) is 9.31. The zero-order valence-electron chi connectivity index (χ0n) is 15.1. The SMILES string of the molecule is CCN1C(=O)N(c2ccc(C#N)c(Cl)c2C)C(=O)C1COC(C)(C)C. The van der Waals surface area contributed by atoms with Crippen LogP contribution in [0, 0.1) is 18.3 Å². The van der Waals surface area contributed by atoms with E-state index < -0.39 is 17.7 Å². The molecule has 2 rings (SSSR count). The molecule has 1 aromatic carbocycles. The summed E-state index contributed by atoms with van der Waals surface area (Å²) in [5.74, 6) is -0.347. The van der Waals surface area contributed by atoms with Crippen molar-refractivity contribution in [2.75, 3.05) is 18.1 Å². The maximum atomic E-state index is 12.9. The fourth-order valence-electron chi connectivity index (χ4n) is 2.71. The highest BCUT2D eigenvalue weighted by molar-refractivity contribution is 6.33. The predicted molar refractivity (Wildman–Crippen MR) is 95.7 cm³/mol. The number of anilines is 1. The Morgan fingerprint density at radius 3 is 2.48 bits per heavy atom. The standard InChI is InChI=1S/C18H22ClN3O3/c1-6-21-14(10-25-18(3,4)5)16(23)22(17(21)24)13-8-7-12(9-20)15(19)11(13)2/h7-8,14H,6,10H2,1-5H3. The van der Waals surface area contributed by atoms with Crippen molar-refractivity contribution in [3.8, 4) is 6.07 Å². The number of ether oxygens (including phenoxy) is 1. The Hall–Kier alpha value is -2.10. The van der Waals surface area contributed by atoms with E-state index in [2.05, 4.69) is 0 Å². The highest BCUT2D eigenvalue weighted by Crippen LogP contribution is 2.33. The largest absolute Gasteiger partial charge is 0.373 e. The van der Waals surface area contributed by atoms with Crippen molar-refractivity contribution in [1.29, 1.82) is 5.26 Å². The van der Waals surface area contributed by atoms with Crippen LogP contribution in [0.3, 0.4) is 0 Å². The molecule has 25 heavy (non-hydrogen) atoms. The van der Waals surface area contributed by atoms with Gasteiger partial charge in [0.25, 0.3) is 5.91 Å². The number of imide groups is 1. The summed E-state index contributed by atoms with van der Waals surface area (Å²) in [6, 6.07) is 4.01. The normalized spacial score (nSPS) is 18.0. The number of urea groups is 1. The van der Waals surface area contributed by atoms with E-state index in [0.29, 0.717) is 23.4 Å². The van der Waals surface area contributed by atoms with Crippen LogP contribution in [0.5, 0.6) is 0 Å². The van der Waals surface area contributed by atoms with Gasteiger partial charge in [0.05, 0.1) is 28.5 Å². The van der Waals surface area contributed by atoms with E-state index in [1.807, 2.05) is 33.8 Å². The summed E-state index contributed by atoms with van der Waals surface area (Å²) in [5.41, 5.74) is 0.817. The molecule has 0 aromatic heterocycles. The van der Waals surface area contributed by atoms with Crippen molar-refractivity contribution < 1.29 is 14.3 Å². The van der Waals surface area contributed by atoms with Gasteiger partial charge in [0.2, 0.25) is 0 Å². The first-order valence-corrected chi connectivity index (χ1v) is 8.48. The van der Waals surface area contributed by atoms with E-state index in [0.717, 1.165) is 4.90 Å². The van der Waals surface area contributed by atoms with Crippen LogP contribution in [-0.4, -0.2) is 41.6 Å². The van der Waals surface area contributed by atoms with Gasteiger partial charge in [0.1, 0.15) is 12.1 Å². The van der Waals surface area contributed by atoms with Crippen molar-refractivity contribution in [3.63, 3.8) is 0 Å². The van der Waals surface area contributed by atoms with Crippen molar-refractivity contribution in [2.45, 2.75) is 46.3 Å². The number of carbonyl (C=O) groups excluding carboxylic acids is 2. The number of likely N-dealkylation sites (N-methyl/N-ethyl adjacent to an activating group) is 1. The number of hydrogen-bond donors (Lipinski definition) is 0. The number of carbonyl (C=O) groups is 2. The van der Waals surface area contributed by atoms with E-state index in [1.54, 1.807) is 13.0 Å². The molecule has 6 nitrogen and oxygen atoms in total. The minimum atomic E-state index is -0.675. The predicted octanol–water partition coefficient (Wildman–Crippen LogP) is 3.49. The number of benzene rings is 1. The van der Waals surface area contributed by atoms with Gasteiger partial charge >= 0.3 is 6.03 Å². The van der Waals surface area contributed by atoms with E-state index in [-0.39, 0.29) is 17.5 Å². The molecule has 134 valence electrons. The number of nitrogens with zero attached hydrogens (tertiary/aromatic N) is 3. The highest BCUT2D eigenvalue weighted by Gasteiger charge is 2.46. The third kappa shape index (κ3) is 3.63. The molecule has 3 amide bonds. The number of hydrogen-bond acceptors (Lipinski definition) is 4. The molecule has 1 heterocycles. The van der Waals surface area contributed by atoms with E-state index in [1.165, 1.54) is 11.0 Å². The van der Waals surface area contributed by atoms with Crippen LogP contribution in [0.1, 0.15) is 38.8 Å². The molecule has 1 atom stereocenters. The number of nitriles is 1. The van der Waals surface area contributed by atoms with Crippen LogP contribution >= 0.6 is 11.6 Å². The second-order valence-electron chi connectivity index (χ2n) is 6.86. The summed E-state index contributed by atoms with van der Waals surface area (Å²) in [6.45, 7) is 9.71. The maximum Gasteiger partial charge on any atom is 0.332 e. The topological polar surface area (TPSA) is 73.6 Å². The van der Waals surface area contributed by atoms with Crippen LogP contribution in [0.4, 0.5) is 10.5 Å². The lowest BCUT2D eigenvalue weighted by molar-refractivity contribution is -0.123. The molecule has 1 unspecified atom stereocenters. The third-order valence-corrected chi connectivity index (χ3v) is 4.54. The Labute approximate surface area is 152 Å². The number of amides is 3. The zero-order chi connectivity index (χ0) is 18.9. The molecule has 1 aliphatic rings. The van der Waals surface area contributed by atoms with Crippen molar-refractivity contribution in [1.82, 2.24) is 4.90 Å². The molecule has 1 fully saturated rings. The molecule has 0 spiro atoms. The monoisotopic (exact) mass is 363 g/mol. The van der Waals surface area contributed by atoms with Crippen LogP contribution in [-0.2, 0) is 9.53 Å². The first kappa shape index (κ1) is 19.2. The van der Waals surface area contributed by atoms with E-state index in [4.69, 9.17) is 21.6 Å². The molecular formula is C18H22ClN3O3. The van der Waals surface area contributed by atoms with Crippen LogP contribution in [0.15, 0.2) is 12.1 Å². The first-order valence-electron chi connectivity index (χ1n) is 8.10. The van der Waals surface area contributed by atoms with Gasteiger partial charge in [-0.15, -0.1) is 0 Å². The van der Waals surface area contributed by atoms with Gasteiger partial charge in [0.15, 0.2) is 0 Å². The second-order valence-corrected chi connectivity index (χ2v) is 7.24. The van der Waals surface area contributed by atoms with E-state index >= 15 is 0 Å². The van der Waals surface area contributed by atoms with Crippen molar-refractivity contribution in [2.24, 2.45) is 0 Å². The summed E-state index contributed by atoms with van der Waals surface area (Å²) in [7, 11) is 0. The molecular weight excluding hydrogens is 342 g/mol. The Bertz CT molecular complexity index is 749. The van der Waals surface area contributed by atoms with E-state index in [9.17, 15) is 9.59 Å². The fraction of sp³-hybridized carbons (Fsp3) is 0.500. The summed E-state index contributed by atoms with van der Waals surface area (Å²) in [6.07, 6.45) is 0. The first-order chi connectivity index (χ1) is 11.6. The van der Waals surface area contributed by atoms with Gasteiger partial charge in [-0.05, 0) is 52.3 Å². The molecule has 0 N–H and O–H groups in total. The Balaban J connectivity index is 2.40. The number of halogens is 1. The minimum Gasteiger partial charge on any atom is -0.373 e. The molecule has 1 aliphatic heterocycles. The van der Waals surface area contributed by atoms with Gasteiger partial charge in [-0.25, -0.2) is 9.69 Å². The van der Waals surface area contributed by atoms with Gasteiger partial charge < -0.3 is 9.64 Å². The maximum absolute atomic E-state index is 12.9. The average Bonchev–Trinajstić information content (AvgIpc) is 2.77. The Morgan fingerprint density at radius 2 is 1.96 bits per heavy atom. The van der Waals surface area contributed by atoms with Crippen molar-refractivity contribution >= 4 is 29.2 Å². The van der Waals surface area contributed by atoms with Gasteiger partial charge in [0, 0.05) is 6.54 Å². The lowest BCUT2D eigenvalue weighted by Gasteiger charge is -2.25. The Kier molecular flexibility index (Phi) is 5.40. The van der Waals surface area contributed by atoms with Crippen LogP contribution < -0.4 is 4.90 Å². The smallest absolute Gasteiger partial charge is 0.332 e. The van der Waals surface area contributed by atoms with Crippen molar-refractivity contribution in [3.05, 3.63) is 28.3 Å². The average molecular weight is 364 g/mol. The zero-order valence-corrected chi connectivity index (χ0v) is 15.8. The molecule has 0 aliphatic carbocycles. The van der Waals surface area contributed by atoms with Gasteiger partial charge in [-0.3, -0.25) is 4.79 Å². The highest BCUT2D eigenvalue weighted by atomic mass is 35.5. The Morgan fingerprint density at radius 1 is 1.32 bits per heavy atom. The van der Waals surface area contributed by atoms with Gasteiger partial charge in [-0.1, -0.05) is 11.6 Å². The van der Waals surface area contributed by atoms with Crippen LogP contribution in [0.2, 0.25) is 5.02 Å². The molecule has 0 bridgehead atoms. The third-order valence-electron chi connectivity index (χ3n) is 4.05.